The van der Waals surface area contributed by atoms with Gasteiger partial charge in [-0.25, -0.2) is 4.39 Å². The first-order valence-corrected chi connectivity index (χ1v) is 6.63. The summed E-state index contributed by atoms with van der Waals surface area (Å²) in [7, 11) is 0. The SMILES string of the molecule is O=C1COC(C2CCNC2)CN1c1ccccc1F. The van der Waals surface area contributed by atoms with Gasteiger partial charge in [-0.05, 0) is 25.1 Å². The molecule has 102 valence electrons. The summed E-state index contributed by atoms with van der Waals surface area (Å²) >= 11 is 0. The Labute approximate surface area is 111 Å². The van der Waals surface area contributed by atoms with Gasteiger partial charge in [-0.15, -0.1) is 0 Å². The van der Waals surface area contributed by atoms with Crippen LogP contribution in [0.15, 0.2) is 24.3 Å². The number of nitrogens with one attached hydrogen (secondary N) is 1. The van der Waals surface area contributed by atoms with Crippen molar-refractivity contribution >= 4 is 11.6 Å². The minimum Gasteiger partial charge on any atom is -0.366 e. The van der Waals surface area contributed by atoms with Crippen molar-refractivity contribution < 1.29 is 13.9 Å². The van der Waals surface area contributed by atoms with E-state index in [2.05, 4.69) is 5.32 Å². The van der Waals surface area contributed by atoms with Crippen LogP contribution in [-0.4, -0.2) is 38.3 Å². The van der Waals surface area contributed by atoms with Crippen LogP contribution in [0.3, 0.4) is 0 Å². The quantitative estimate of drug-likeness (QED) is 0.871. The number of hydrogen-bond donors (Lipinski definition) is 1. The number of rotatable bonds is 2. The summed E-state index contributed by atoms with van der Waals surface area (Å²) in [5.41, 5.74) is 0.353. The third kappa shape index (κ3) is 2.48. The van der Waals surface area contributed by atoms with E-state index in [0.717, 1.165) is 19.5 Å². The summed E-state index contributed by atoms with van der Waals surface area (Å²) in [6.45, 7) is 2.36. The fourth-order valence-electron chi connectivity index (χ4n) is 2.77. The molecule has 2 aliphatic heterocycles. The van der Waals surface area contributed by atoms with Crippen molar-refractivity contribution in [2.45, 2.75) is 12.5 Å². The molecule has 0 bridgehead atoms. The highest BCUT2D eigenvalue weighted by Crippen LogP contribution is 2.26. The summed E-state index contributed by atoms with van der Waals surface area (Å²) in [6.07, 6.45) is 1.04. The van der Waals surface area contributed by atoms with Crippen LogP contribution in [-0.2, 0) is 9.53 Å². The van der Waals surface area contributed by atoms with E-state index in [9.17, 15) is 9.18 Å². The Morgan fingerprint density at radius 2 is 2.21 bits per heavy atom. The molecule has 1 aromatic carbocycles. The molecule has 19 heavy (non-hydrogen) atoms. The molecule has 1 aromatic rings. The zero-order chi connectivity index (χ0) is 13.2. The molecule has 1 N–H and O–H groups in total. The van der Waals surface area contributed by atoms with Crippen molar-refractivity contribution in [3.8, 4) is 0 Å². The normalized spacial score (nSPS) is 27.8. The van der Waals surface area contributed by atoms with Crippen LogP contribution < -0.4 is 10.2 Å². The minimum absolute atomic E-state index is 0.00712. The van der Waals surface area contributed by atoms with E-state index in [1.165, 1.54) is 11.0 Å². The van der Waals surface area contributed by atoms with Gasteiger partial charge in [-0.1, -0.05) is 12.1 Å². The maximum atomic E-state index is 13.8. The second-order valence-corrected chi connectivity index (χ2v) is 5.06. The Bertz CT molecular complexity index is 474. The number of amides is 1. The number of carbonyl (C=O) groups is 1. The molecule has 2 saturated heterocycles. The largest absolute Gasteiger partial charge is 0.366 e. The molecule has 0 aromatic heterocycles. The lowest BCUT2D eigenvalue weighted by molar-refractivity contribution is -0.131. The third-order valence-electron chi connectivity index (χ3n) is 3.85. The summed E-state index contributed by atoms with van der Waals surface area (Å²) in [4.78, 5) is 13.4. The predicted octanol–water partition coefficient (Wildman–Crippen LogP) is 1.17. The maximum absolute atomic E-state index is 13.8. The van der Waals surface area contributed by atoms with Gasteiger partial charge in [0.25, 0.3) is 5.91 Å². The van der Waals surface area contributed by atoms with Crippen molar-refractivity contribution in [3.63, 3.8) is 0 Å². The first-order chi connectivity index (χ1) is 9.25. The summed E-state index contributed by atoms with van der Waals surface area (Å²) in [5.74, 6) is -0.129. The lowest BCUT2D eigenvalue weighted by atomic mass is 9.99. The van der Waals surface area contributed by atoms with Gasteiger partial charge in [0.2, 0.25) is 0 Å². The molecule has 5 heteroatoms. The molecule has 0 saturated carbocycles. The van der Waals surface area contributed by atoms with E-state index in [4.69, 9.17) is 4.74 Å². The zero-order valence-electron chi connectivity index (χ0n) is 10.6. The molecule has 2 atom stereocenters. The van der Waals surface area contributed by atoms with Gasteiger partial charge in [0.1, 0.15) is 12.4 Å². The lowest BCUT2D eigenvalue weighted by Crippen LogP contribution is -2.50. The summed E-state index contributed by atoms with van der Waals surface area (Å²) in [6, 6.07) is 6.39. The second kappa shape index (κ2) is 5.27. The topological polar surface area (TPSA) is 41.6 Å². The van der Waals surface area contributed by atoms with E-state index < -0.39 is 0 Å². The third-order valence-corrected chi connectivity index (χ3v) is 3.85. The second-order valence-electron chi connectivity index (χ2n) is 5.06. The fraction of sp³-hybridized carbons (Fsp3) is 0.500. The highest BCUT2D eigenvalue weighted by Gasteiger charge is 2.34. The number of benzene rings is 1. The van der Waals surface area contributed by atoms with Crippen LogP contribution in [0, 0.1) is 11.7 Å². The lowest BCUT2D eigenvalue weighted by Gasteiger charge is -2.35. The average molecular weight is 264 g/mol. The molecule has 2 heterocycles. The zero-order valence-corrected chi connectivity index (χ0v) is 10.6. The molecule has 2 aliphatic rings. The van der Waals surface area contributed by atoms with Gasteiger partial charge in [0.05, 0.1) is 18.3 Å². The van der Waals surface area contributed by atoms with E-state index in [0.29, 0.717) is 18.2 Å². The van der Waals surface area contributed by atoms with E-state index in [1.54, 1.807) is 18.2 Å². The molecule has 1 amide bonds. The van der Waals surface area contributed by atoms with Crippen LogP contribution in [0.2, 0.25) is 0 Å². The number of para-hydroxylation sites is 1. The van der Waals surface area contributed by atoms with E-state index in [-0.39, 0.29) is 24.4 Å². The Hall–Kier alpha value is -1.46. The summed E-state index contributed by atoms with van der Waals surface area (Å²) < 4.78 is 19.4. The number of morpholine rings is 1. The average Bonchev–Trinajstić information content (AvgIpc) is 2.94. The molecular formula is C14H17FN2O2. The molecular weight excluding hydrogens is 247 g/mol. The van der Waals surface area contributed by atoms with Gasteiger partial charge in [0, 0.05) is 12.5 Å². The molecule has 0 radical (unpaired) electrons. The van der Waals surface area contributed by atoms with Gasteiger partial charge < -0.3 is 15.0 Å². The van der Waals surface area contributed by atoms with Gasteiger partial charge in [-0.2, -0.15) is 0 Å². The fourth-order valence-corrected chi connectivity index (χ4v) is 2.77. The number of anilines is 1. The molecule has 0 aliphatic carbocycles. The predicted molar refractivity (Wildman–Crippen MR) is 69.5 cm³/mol. The molecule has 3 rings (SSSR count). The van der Waals surface area contributed by atoms with Crippen molar-refractivity contribution in [2.75, 3.05) is 31.1 Å². The van der Waals surface area contributed by atoms with Crippen molar-refractivity contribution in [1.82, 2.24) is 5.32 Å². The Kier molecular flexibility index (Phi) is 3.48. The van der Waals surface area contributed by atoms with Crippen LogP contribution in [0.25, 0.3) is 0 Å². The van der Waals surface area contributed by atoms with Crippen molar-refractivity contribution in [1.29, 1.82) is 0 Å². The van der Waals surface area contributed by atoms with Crippen LogP contribution >= 0.6 is 0 Å². The first kappa shape index (κ1) is 12.6. The summed E-state index contributed by atoms with van der Waals surface area (Å²) in [5, 5.41) is 3.29. The molecule has 0 spiro atoms. The molecule has 2 unspecified atom stereocenters. The highest BCUT2D eigenvalue weighted by atomic mass is 19.1. The Morgan fingerprint density at radius 1 is 1.37 bits per heavy atom. The van der Waals surface area contributed by atoms with Crippen LogP contribution in [0.1, 0.15) is 6.42 Å². The minimum atomic E-state index is -0.360. The number of halogens is 1. The monoisotopic (exact) mass is 264 g/mol. The highest BCUT2D eigenvalue weighted by molar-refractivity contribution is 5.95. The Balaban J connectivity index is 1.79. The van der Waals surface area contributed by atoms with E-state index in [1.807, 2.05) is 0 Å². The smallest absolute Gasteiger partial charge is 0.253 e. The molecule has 4 nitrogen and oxygen atoms in total. The van der Waals surface area contributed by atoms with Crippen molar-refractivity contribution in [2.24, 2.45) is 5.92 Å². The van der Waals surface area contributed by atoms with Crippen molar-refractivity contribution in [3.05, 3.63) is 30.1 Å². The first-order valence-electron chi connectivity index (χ1n) is 6.63. The van der Waals surface area contributed by atoms with Gasteiger partial charge in [-0.3, -0.25) is 4.79 Å². The number of carbonyl (C=O) groups excluding carboxylic acids is 1. The van der Waals surface area contributed by atoms with E-state index >= 15 is 0 Å². The van der Waals surface area contributed by atoms with Crippen LogP contribution in [0.4, 0.5) is 10.1 Å². The van der Waals surface area contributed by atoms with Gasteiger partial charge >= 0.3 is 0 Å². The number of hydrogen-bond acceptors (Lipinski definition) is 3. The standard InChI is InChI=1S/C14H17FN2O2/c15-11-3-1-2-4-12(11)17-8-13(19-9-14(17)18)10-5-6-16-7-10/h1-4,10,13,16H,5-9H2. The van der Waals surface area contributed by atoms with Gasteiger partial charge in [0.15, 0.2) is 0 Å². The molecule has 2 fully saturated rings. The maximum Gasteiger partial charge on any atom is 0.253 e. The van der Waals surface area contributed by atoms with Crippen LogP contribution in [0.5, 0.6) is 0 Å². The number of ether oxygens (including phenoxy) is 1. The number of nitrogens with zero attached hydrogens (tertiary/aromatic N) is 1. The Morgan fingerprint density at radius 3 is 2.95 bits per heavy atom.